The number of nitrogens with one attached hydrogen (secondary N) is 1. The van der Waals surface area contributed by atoms with Gasteiger partial charge in [-0.1, -0.05) is 12.2 Å². The van der Waals surface area contributed by atoms with Gasteiger partial charge in [0, 0.05) is 12.4 Å². The normalized spacial score (nSPS) is 8.80. The van der Waals surface area contributed by atoms with E-state index in [-0.39, 0.29) is 0 Å². The molecule has 0 aromatic carbocycles. The van der Waals surface area contributed by atoms with Crippen LogP contribution in [0.5, 0.6) is 0 Å². The van der Waals surface area contributed by atoms with Gasteiger partial charge in [-0.05, 0) is 15.9 Å². The van der Waals surface area contributed by atoms with E-state index in [4.69, 9.17) is 17.5 Å². The van der Waals surface area contributed by atoms with Crippen molar-refractivity contribution in [1.82, 2.24) is 4.98 Å². The average molecular weight is 215 g/mol. The second-order valence-corrected chi connectivity index (χ2v) is 2.92. The molecule has 0 atom stereocenters. The first-order valence-corrected chi connectivity index (χ1v) is 3.72. The molecule has 10 heavy (non-hydrogen) atoms. The Balaban J connectivity index is 3.47. The SMILES string of the molecule is N#Cc1c[nH]cc(Br)c1=S. The van der Waals surface area contributed by atoms with Crippen molar-refractivity contribution in [1.29, 1.82) is 5.26 Å². The first-order valence-electron chi connectivity index (χ1n) is 2.52. The molecule has 0 radical (unpaired) electrons. The Morgan fingerprint density at radius 2 is 2.30 bits per heavy atom. The van der Waals surface area contributed by atoms with Crippen LogP contribution in [-0.4, -0.2) is 4.98 Å². The van der Waals surface area contributed by atoms with E-state index < -0.39 is 0 Å². The smallest absolute Gasteiger partial charge is 0.102 e. The van der Waals surface area contributed by atoms with Crippen molar-refractivity contribution in [3.63, 3.8) is 0 Å². The van der Waals surface area contributed by atoms with Gasteiger partial charge in [-0.25, -0.2) is 0 Å². The molecule has 50 valence electrons. The minimum Gasteiger partial charge on any atom is -0.365 e. The van der Waals surface area contributed by atoms with Gasteiger partial charge in [0.15, 0.2) is 0 Å². The quantitative estimate of drug-likeness (QED) is 0.675. The summed E-state index contributed by atoms with van der Waals surface area (Å²) in [7, 11) is 0. The Kier molecular flexibility index (Phi) is 2.20. The lowest BCUT2D eigenvalue weighted by molar-refractivity contribution is 1.27. The Morgan fingerprint density at radius 3 is 2.80 bits per heavy atom. The van der Waals surface area contributed by atoms with Gasteiger partial charge in [-0.3, -0.25) is 0 Å². The molecule has 0 saturated carbocycles. The fourth-order valence-corrected chi connectivity index (χ4v) is 1.05. The van der Waals surface area contributed by atoms with Crippen LogP contribution in [0, 0.1) is 15.8 Å². The third-order valence-electron chi connectivity index (χ3n) is 1.02. The molecule has 1 aromatic heterocycles. The third kappa shape index (κ3) is 1.25. The van der Waals surface area contributed by atoms with Gasteiger partial charge in [0.2, 0.25) is 0 Å². The van der Waals surface area contributed by atoms with Gasteiger partial charge in [0.25, 0.3) is 0 Å². The first kappa shape index (κ1) is 7.45. The second-order valence-electron chi connectivity index (χ2n) is 1.66. The Morgan fingerprint density at radius 1 is 1.60 bits per heavy atom. The van der Waals surface area contributed by atoms with Crippen molar-refractivity contribution in [2.75, 3.05) is 0 Å². The molecule has 0 spiro atoms. The molecule has 0 unspecified atom stereocenters. The maximum absolute atomic E-state index is 8.49. The molecule has 0 saturated heterocycles. The van der Waals surface area contributed by atoms with Crippen LogP contribution in [0.1, 0.15) is 5.56 Å². The lowest BCUT2D eigenvalue weighted by Gasteiger charge is -1.90. The van der Waals surface area contributed by atoms with Gasteiger partial charge >= 0.3 is 0 Å². The molecule has 0 aliphatic carbocycles. The van der Waals surface area contributed by atoms with Gasteiger partial charge in [-0.2, -0.15) is 5.26 Å². The van der Waals surface area contributed by atoms with E-state index in [1.165, 1.54) is 0 Å². The summed E-state index contributed by atoms with van der Waals surface area (Å²) in [5.74, 6) is 0. The number of pyridine rings is 1. The van der Waals surface area contributed by atoms with Crippen LogP contribution in [0.4, 0.5) is 0 Å². The van der Waals surface area contributed by atoms with Crippen molar-refractivity contribution in [3.05, 3.63) is 26.9 Å². The largest absolute Gasteiger partial charge is 0.365 e. The van der Waals surface area contributed by atoms with Crippen LogP contribution < -0.4 is 0 Å². The fourth-order valence-electron chi connectivity index (χ4n) is 0.541. The van der Waals surface area contributed by atoms with E-state index in [9.17, 15) is 0 Å². The molecular formula is C6H3BrN2S. The zero-order valence-corrected chi connectivity index (χ0v) is 7.29. The van der Waals surface area contributed by atoms with Gasteiger partial charge < -0.3 is 4.98 Å². The molecule has 1 rings (SSSR count). The molecule has 0 aliphatic rings. The highest BCUT2D eigenvalue weighted by Crippen LogP contribution is 2.12. The predicted octanol–water partition coefficient (Wildman–Crippen LogP) is 2.38. The average Bonchev–Trinajstić information content (AvgIpc) is 1.95. The number of rotatable bonds is 0. The number of H-pyrrole nitrogens is 1. The lowest BCUT2D eigenvalue weighted by atomic mass is 10.3. The highest BCUT2D eigenvalue weighted by molar-refractivity contribution is 9.10. The first-order chi connectivity index (χ1) is 4.75. The second kappa shape index (κ2) is 2.95. The van der Waals surface area contributed by atoms with Crippen LogP contribution in [0.15, 0.2) is 16.9 Å². The van der Waals surface area contributed by atoms with Crippen LogP contribution in [0.2, 0.25) is 0 Å². The summed E-state index contributed by atoms with van der Waals surface area (Å²) in [5, 5.41) is 8.49. The molecule has 1 N–H and O–H groups in total. The van der Waals surface area contributed by atoms with Crippen LogP contribution >= 0.6 is 28.1 Å². The van der Waals surface area contributed by atoms with E-state index in [0.717, 1.165) is 4.47 Å². The van der Waals surface area contributed by atoms with Crippen LogP contribution in [-0.2, 0) is 0 Å². The lowest BCUT2D eigenvalue weighted by Crippen LogP contribution is -1.79. The van der Waals surface area contributed by atoms with Crippen LogP contribution in [0.25, 0.3) is 0 Å². The molecule has 0 bridgehead atoms. The summed E-state index contributed by atoms with van der Waals surface area (Å²) in [6.07, 6.45) is 3.27. The highest BCUT2D eigenvalue weighted by Gasteiger charge is 1.95. The minimum atomic E-state index is 0.490. The maximum Gasteiger partial charge on any atom is 0.102 e. The summed E-state index contributed by atoms with van der Waals surface area (Å²) in [6.45, 7) is 0. The van der Waals surface area contributed by atoms with Gasteiger partial charge in [0.1, 0.15) is 6.07 Å². The summed E-state index contributed by atoms with van der Waals surface area (Å²) in [5.41, 5.74) is 0.490. The molecule has 1 aromatic rings. The van der Waals surface area contributed by atoms with Crippen molar-refractivity contribution >= 4 is 28.1 Å². The molecule has 0 amide bonds. The topological polar surface area (TPSA) is 39.6 Å². The monoisotopic (exact) mass is 214 g/mol. The van der Waals surface area contributed by atoms with Crippen molar-refractivity contribution in [3.8, 4) is 6.07 Å². The van der Waals surface area contributed by atoms with Crippen molar-refractivity contribution in [2.24, 2.45) is 0 Å². The van der Waals surface area contributed by atoms with E-state index in [2.05, 4.69) is 20.9 Å². The van der Waals surface area contributed by atoms with Gasteiger partial charge in [0.05, 0.1) is 14.5 Å². The van der Waals surface area contributed by atoms with Crippen LogP contribution in [0.3, 0.4) is 0 Å². The molecule has 4 heteroatoms. The molecule has 1 heterocycles. The summed E-state index contributed by atoms with van der Waals surface area (Å²) >= 11 is 8.10. The van der Waals surface area contributed by atoms with Crippen molar-refractivity contribution in [2.45, 2.75) is 0 Å². The van der Waals surface area contributed by atoms with E-state index in [1.807, 2.05) is 6.07 Å². The molecule has 0 aliphatic heterocycles. The zero-order chi connectivity index (χ0) is 7.56. The summed E-state index contributed by atoms with van der Waals surface area (Å²) in [6, 6.07) is 1.97. The highest BCUT2D eigenvalue weighted by atomic mass is 79.9. The summed E-state index contributed by atoms with van der Waals surface area (Å²) < 4.78 is 1.31. The number of nitriles is 1. The Labute approximate surface area is 71.6 Å². The Bertz CT molecular complexity index is 336. The number of aromatic amines is 1. The zero-order valence-electron chi connectivity index (χ0n) is 4.89. The summed E-state index contributed by atoms with van der Waals surface area (Å²) in [4.78, 5) is 2.78. The van der Waals surface area contributed by atoms with E-state index in [1.54, 1.807) is 12.4 Å². The molecule has 2 nitrogen and oxygen atoms in total. The molecule has 0 fully saturated rings. The number of nitrogens with zero attached hydrogens (tertiary/aromatic N) is 1. The number of hydrogen-bond acceptors (Lipinski definition) is 2. The fraction of sp³-hybridized carbons (Fsp3) is 0. The third-order valence-corrected chi connectivity index (χ3v) is 2.35. The van der Waals surface area contributed by atoms with E-state index >= 15 is 0 Å². The standard InChI is InChI=1S/C6H3BrN2S/c7-5-3-9-2-4(1-8)6(5)10/h2-3H,(H,9,10). The number of halogens is 1. The maximum atomic E-state index is 8.49. The van der Waals surface area contributed by atoms with Gasteiger partial charge in [-0.15, -0.1) is 0 Å². The molecular weight excluding hydrogens is 212 g/mol. The predicted molar refractivity (Wildman–Crippen MR) is 44.0 cm³/mol. The number of aromatic nitrogens is 1. The Hall–Kier alpha value is -0.660. The number of hydrogen-bond donors (Lipinski definition) is 1. The van der Waals surface area contributed by atoms with E-state index in [0.29, 0.717) is 10.1 Å². The minimum absolute atomic E-state index is 0.490. The van der Waals surface area contributed by atoms with Crippen molar-refractivity contribution < 1.29 is 0 Å².